The molecule has 0 atom stereocenters. The second kappa shape index (κ2) is 6.78. The Morgan fingerprint density at radius 3 is 2.23 bits per heavy atom. The van der Waals surface area contributed by atoms with Crippen LogP contribution in [0.4, 0.5) is 18.9 Å². The van der Waals surface area contributed by atoms with Crippen LogP contribution in [-0.4, -0.2) is 22.8 Å². The van der Waals surface area contributed by atoms with E-state index in [9.17, 15) is 22.8 Å². The van der Waals surface area contributed by atoms with Crippen molar-refractivity contribution in [3.63, 3.8) is 0 Å². The predicted octanol–water partition coefficient (Wildman–Crippen LogP) is 3.55. The number of carbonyl (C=O) groups is 2. The van der Waals surface area contributed by atoms with E-state index < -0.39 is 17.8 Å². The van der Waals surface area contributed by atoms with Gasteiger partial charge in [0.15, 0.2) is 0 Å². The van der Waals surface area contributed by atoms with Gasteiger partial charge >= 0.3 is 6.18 Å². The Morgan fingerprint density at radius 1 is 1.04 bits per heavy atom. The number of pyridine rings is 1. The van der Waals surface area contributed by atoms with E-state index in [0.717, 1.165) is 25.0 Å². The van der Waals surface area contributed by atoms with E-state index in [4.69, 9.17) is 0 Å². The quantitative estimate of drug-likeness (QED) is 0.873. The summed E-state index contributed by atoms with van der Waals surface area (Å²) in [6.45, 7) is 1.34. The molecule has 1 saturated carbocycles. The number of rotatable bonds is 4. The smallest absolute Gasteiger partial charge is 0.349 e. The first kappa shape index (κ1) is 17.9. The van der Waals surface area contributed by atoms with Gasteiger partial charge in [-0.3, -0.25) is 9.59 Å². The largest absolute Gasteiger partial charge is 0.433 e. The number of carbonyl (C=O) groups excluding carboxylic acids is 2. The van der Waals surface area contributed by atoms with Gasteiger partial charge in [-0.15, -0.1) is 0 Å². The number of aromatic nitrogens is 1. The lowest BCUT2D eigenvalue weighted by Crippen LogP contribution is -2.25. The molecule has 8 heteroatoms. The van der Waals surface area contributed by atoms with Crippen molar-refractivity contribution in [2.75, 3.05) is 5.32 Å². The van der Waals surface area contributed by atoms with Gasteiger partial charge in [0, 0.05) is 17.3 Å². The van der Waals surface area contributed by atoms with Gasteiger partial charge in [0.2, 0.25) is 0 Å². The van der Waals surface area contributed by atoms with Gasteiger partial charge in [0.05, 0.1) is 11.3 Å². The maximum Gasteiger partial charge on any atom is 0.433 e. The van der Waals surface area contributed by atoms with Crippen LogP contribution in [-0.2, 0) is 6.18 Å². The van der Waals surface area contributed by atoms with E-state index in [1.54, 1.807) is 24.3 Å². The molecule has 1 heterocycles. The molecule has 3 rings (SSSR count). The maximum atomic E-state index is 12.6. The molecule has 0 bridgehead atoms. The van der Waals surface area contributed by atoms with Crippen LogP contribution in [0.25, 0.3) is 0 Å². The monoisotopic (exact) mass is 363 g/mol. The number of aryl methyl sites for hydroxylation is 1. The van der Waals surface area contributed by atoms with Crippen molar-refractivity contribution < 1.29 is 22.8 Å². The van der Waals surface area contributed by atoms with Crippen molar-refractivity contribution in [2.24, 2.45) is 0 Å². The fourth-order valence-electron chi connectivity index (χ4n) is 2.36. The van der Waals surface area contributed by atoms with Crippen molar-refractivity contribution in [3.8, 4) is 0 Å². The zero-order valence-electron chi connectivity index (χ0n) is 13.9. The average Bonchev–Trinajstić information content (AvgIpc) is 3.38. The number of halogens is 3. The third-order valence-electron chi connectivity index (χ3n) is 3.94. The van der Waals surface area contributed by atoms with Gasteiger partial charge in [-0.05, 0) is 56.2 Å². The van der Waals surface area contributed by atoms with Gasteiger partial charge in [-0.25, -0.2) is 4.98 Å². The first-order valence-electron chi connectivity index (χ1n) is 8.01. The van der Waals surface area contributed by atoms with E-state index in [2.05, 4.69) is 15.6 Å². The Hall–Kier alpha value is -2.90. The van der Waals surface area contributed by atoms with Crippen LogP contribution in [0.2, 0.25) is 0 Å². The van der Waals surface area contributed by atoms with Crippen LogP contribution >= 0.6 is 0 Å². The van der Waals surface area contributed by atoms with Gasteiger partial charge in [-0.2, -0.15) is 13.2 Å². The van der Waals surface area contributed by atoms with Gasteiger partial charge < -0.3 is 10.6 Å². The molecule has 0 saturated heterocycles. The average molecular weight is 363 g/mol. The molecule has 1 aromatic carbocycles. The van der Waals surface area contributed by atoms with Crippen LogP contribution in [0.15, 0.2) is 36.4 Å². The van der Waals surface area contributed by atoms with E-state index in [1.165, 1.54) is 6.92 Å². The van der Waals surface area contributed by atoms with E-state index in [0.29, 0.717) is 11.3 Å². The van der Waals surface area contributed by atoms with Crippen LogP contribution in [0.1, 0.15) is 44.9 Å². The summed E-state index contributed by atoms with van der Waals surface area (Å²) >= 11 is 0. The highest BCUT2D eigenvalue weighted by Crippen LogP contribution is 2.28. The van der Waals surface area contributed by atoms with Crippen LogP contribution in [0.5, 0.6) is 0 Å². The standard InChI is InChI=1S/C18H16F3N3O2/c1-10-14(8-9-15(22-10)18(19,20)21)17(26)24-12-4-2-11(3-5-12)16(25)23-13-6-7-13/h2-5,8-9,13H,6-7H2,1H3,(H,23,25)(H,24,26). The first-order valence-corrected chi connectivity index (χ1v) is 8.01. The number of anilines is 1. The number of amides is 2. The molecule has 0 radical (unpaired) electrons. The highest BCUT2D eigenvalue weighted by molar-refractivity contribution is 6.05. The Bertz CT molecular complexity index is 844. The topological polar surface area (TPSA) is 71.1 Å². The summed E-state index contributed by atoms with van der Waals surface area (Å²) in [6.07, 6.45) is -2.59. The summed E-state index contributed by atoms with van der Waals surface area (Å²) < 4.78 is 37.9. The molecule has 0 aliphatic heterocycles. The lowest BCUT2D eigenvalue weighted by Gasteiger charge is -2.11. The predicted molar refractivity (Wildman–Crippen MR) is 88.9 cm³/mol. The van der Waals surface area contributed by atoms with Crippen molar-refractivity contribution in [1.29, 1.82) is 0 Å². The number of benzene rings is 1. The lowest BCUT2D eigenvalue weighted by atomic mass is 10.1. The molecular formula is C18H16F3N3O2. The number of alkyl halides is 3. The molecule has 1 aliphatic rings. The molecule has 1 aromatic heterocycles. The molecule has 5 nitrogen and oxygen atoms in total. The van der Waals surface area contributed by atoms with Crippen molar-refractivity contribution >= 4 is 17.5 Å². The van der Waals surface area contributed by atoms with Crippen molar-refractivity contribution in [2.45, 2.75) is 32.0 Å². The van der Waals surface area contributed by atoms with Crippen LogP contribution in [0, 0.1) is 6.92 Å². The number of nitrogens with one attached hydrogen (secondary N) is 2. The minimum Gasteiger partial charge on any atom is -0.349 e. The highest BCUT2D eigenvalue weighted by atomic mass is 19.4. The number of nitrogens with zero attached hydrogens (tertiary/aromatic N) is 1. The second-order valence-electron chi connectivity index (χ2n) is 6.11. The minimum absolute atomic E-state index is 0.0160. The second-order valence-corrected chi connectivity index (χ2v) is 6.11. The van der Waals surface area contributed by atoms with Gasteiger partial charge in [-0.1, -0.05) is 0 Å². The number of hydrogen-bond donors (Lipinski definition) is 2. The van der Waals surface area contributed by atoms with Gasteiger partial charge in [0.1, 0.15) is 5.69 Å². The third kappa shape index (κ3) is 4.19. The molecule has 1 aliphatic carbocycles. The number of hydrogen-bond acceptors (Lipinski definition) is 3. The molecule has 0 unspecified atom stereocenters. The molecule has 2 N–H and O–H groups in total. The normalized spacial score (nSPS) is 14.0. The first-order chi connectivity index (χ1) is 12.2. The summed E-state index contributed by atoms with van der Waals surface area (Å²) in [5, 5.41) is 5.44. The van der Waals surface area contributed by atoms with E-state index in [1.807, 2.05) is 0 Å². The summed E-state index contributed by atoms with van der Waals surface area (Å²) in [4.78, 5) is 27.6. The molecule has 1 fully saturated rings. The van der Waals surface area contributed by atoms with Crippen molar-refractivity contribution in [3.05, 3.63) is 58.9 Å². The zero-order chi connectivity index (χ0) is 18.9. The Balaban J connectivity index is 1.68. The van der Waals surface area contributed by atoms with Crippen LogP contribution in [0.3, 0.4) is 0 Å². The summed E-state index contributed by atoms with van der Waals surface area (Å²) in [6, 6.07) is 8.39. The summed E-state index contributed by atoms with van der Waals surface area (Å²) in [7, 11) is 0. The molecule has 2 aromatic rings. The molecule has 0 spiro atoms. The SMILES string of the molecule is Cc1nc(C(F)(F)F)ccc1C(=O)Nc1ccc(C(=O)NC2CC2)cc1. The molecule has 136 valence electrons. The van der Waals surface area contributed by atoms with Gasteiger partial charge in [0.25, 0.3) is 11.8 Å². The minimum atomic E-state index is -4.56. The highest BCUT2D eigenvalue weighted by Gasteiger charge is 2.33. The summed E-state index contributed by atoms with van der Waals surface area (Å²) in [5.41, 5.74) is -0.108. The third-order valence-corrected chi connectivity index (χ3v) is 3.94. The Kier molecular flexibility index (Phi) is 4.67. The van der Waals surface area contributed by atoms with E-state index >= 15 is 0 Å². The maximum absolute atomic E-state index is 12.6. The Morgan fingerprint density at radius 2 is 1.69 bits per heavy atom. The molecular weight excluding hydrogens is 347 g/mol. The fourth-order valence-corrected chi connectivity index (χ4v) is 2.36. The molecule has 2 amide bonds. The van der Waals surface area contributed by atoms with E-state index in [-0.39, 0.29) is 23.2 Å². The Labute approximate surface area is 147 Å². The molecule has 26 heavy (non-hydrogen) atoms. The lowest BCUT2D eigenvalue weighted by molar-refractivity contribution is -0.141. The van der Waals surface area contributed by atoms with Crippen LogP contribution < -0.4 is 10.6 Å². The van der Waals surface area contributed by atoms with Crippen molar-refractivity contribution in [1.82, 2.24) is 10.3 Å². The fraction of sp³-hybridized carbons (Fsp3) is 0.278. The summed E-state index contributed by atoms with van der Waals surface area (Å²) in [5.74, 6) is -0.743. The zero-order valence-corrected chi connectivity index (χ0v) is 13.9.